The van der Waals surface area contributed by atoms with E-state index in [0.717, 1.165) is 11.4 Å². The van der Waals surface area contributed by atoms with Crippen molar-refractivity contribution in [1.29, 1.82) is 0 Å². The SMILES string of the molecule is CC[C@@](C)(O)CN(Cc1ccccc1)c1ccc2nnnn2n1. The lowest BCUT2D eigenvalue weighted by Gasteiger charge is -2.31. The quantitative estimate of drug-likeness (QED) is 0.746. The van der Waals surface area contributed by atoms with Gasteiger partial charge in [-0.25, -0.2) is 0 Å². The van der Waals surface area contributed by atoms with Crippen LogP contribution in [0.15, 0.2) is 42.5 Å². The van der Waals surface area contributed by atoms with Crippen molar-refractivity contribution in [1.82, 2.24) is 25.3 Å². The summed E-state index contributed by atoms with van der Waals surface area (Å²) in [6, 6.07) is 13.8. The molecule has 1 aromatic carbocycles. The van der Waals surface area contributed by atoms with E-state index in [4.69, 9.17) is 0 Å². The maximum absolute atomic E-state index is 10.5. The van der Waals surface area contributed by atoms with E-state index in [-0.39, 0.29) is 0 Å². The van der Waals surface area contributed by atoms with Gasteiger partial charge in [0.05, 0.1) is 5.60 Å². The van der Waals surface area contributed by atoms with Crippen LogP contribution in [-0.4, -0.2) is 42.5 Å². The number of aliphatic hydroxyl groups is 1. The number of fused-ring (bicyclic) bond motifs is 1. The fraction of sp³-hybridized carbons (Fsp3) is 0.375. The molecule has 0 aliphatic rings. The van der Waals surface area contributed by atoms with Gasteiger partial charge in [-0.2, -0.15) is 0 Å². The van der Waals surface area contributed by atoms with Gasteiger partial charge in [0.2, 0.25) is 0 Å². The Balaban J connectivity index is 1.92. The zero-order valence-electron chi connectivity index (χ0n) is 13.3. The van der Waals surface area contributed by atoms with Crippen LogP contribution in [-0.2, 0) is 6.54 Å². The highest BCUT2D eigenvalue weighted by atomic mass is 16.3. The first-order chi connectivity index (χ1) is 11.1. The standard InChI is InChI=1S/C16H20N6O/c1-3-16(2,23)12-21(11-13-7-5-4-6-8-13)15-10-9-14-17-19-20-22(14)18-15/h4-10,23H,3,11-12H2,1-2H3/t16-/m1/s1. The molecule has 23 heavy (non-hydrogen) atoms. The number of nitrogens with zero attached hydrogens (tertiary/aromatic N) is 6. The monoisotopic (exact) mass is 312 g/mol. The molecule has 0 aliphatic heterocycles. The summed E-state index contributed by atoms with van der Waals surface area (Å²) in [5.41, 5.74) is 0.945. The smallest absolute Gasteiger partial charge is 0.200 e. The van der Waals surface area contributed by atoms with Crippen LogP contribution >= 0.6 is 0 Å². The van der Waals surface area contributed by atoms with Crippen molar-refractivity contribution in [3.8, 4) is 0 Å². The second-order valence-corrected chi connectivity index (χ2v) is 5.91. The molecule has 0 unspecified atom stereocenters. The van der Waals surface area contributed by atoms with Crippen LogP contribution in [0.25, 0.3) is 5.65 Å². The Bertz CT molecular complexity index is 770. The molecule has 7 heteroatoms. The highest BCUT2D eigenvalue weighted by molar-refractivity contribution is 5.45. The summed E-state index contributed by atoms with van der Waals surface area (Å²) >= 11 is 0. The number of rotatable bonds is 6. The zero-order valence-corrected chi connectivity index (χ0v) is 13.3. The van der Waals surface area contributed by atoms with Crippen LogP contribution in [0.4, 0.5) is 5.82 Å². The maximum atomic E-state index is 10.5. The molecular formula is C16H20N6O. The number of hydrogen-bond acceptors (Lipinski definition) is 6. The number of anilines is 1. The predicted molar refractivity (Wildman–Crippen MR) is 87.0 cm³/mol. The van der Waals surface area contributed by atoms with Gasteiger partial charge in [-0.1, -0.05) is 37.3 Å². The largest absolute Gasteiger partial charge is 0.388 e. The molecule has 0 saturated carbocycles. The lowest BCUT2D eigenvalue weighted by Crippen LogP contribution is -2.40. The summed E-state index contributed by atoms with van der Waals surface area (Å²) in [4.78, 5) is 2.04. The first-order valence-corrected chi connectivity index (χ1v) is 7.64. The van der Waals surface area contributed by atoms with Crippen molar-refractivity contribution in [3.63, 3.8) is 0 Å². The van der Waals surface area contributed by atoms with Crippen LogP contribution in [0, 0.1) is 0 Å². The van der Waals surface area contributed by atoms with E-state index >= 15 is 0 Å². The van der Waals surface area contributed by atoms with Gasteiger partial charge in [0, 0.05) is 13.1 Å². The Kier molecular flexibility index (Phi) is 4.20. The second kappa shape index (κ2) is 6.29. The van der Waals surface area contributed by atoms with E-state index in [0.29, 0.717) is 25.2 Å². The van der Waals surface area contributed by atoms with E-state index in [1.807, 2.05) is 49.1 Å². The number of tetrazole rings is 1. The summed E-state index contributed by atoms with van der Waals surface area (Å²) in [7, 11) is 0. The summed E-state index contributed by atoms with van der Waals surface area (Å²) in [5.74, 6) is 0.724. The lowest BCUT2D eigenvalue weighted by atomic mass is 10.0. The number of hydrogen-bond donors (Lipinski definition) is 1. The molecule has 0 aliphatic carbocycles. The minimum Gasteiger partial charge on any atom is -0.388 e. The van der Waals surface area contributed by atoms with Crippen molar-refractivity contribution in [2.24, 2.45) is 0 Å². The fourth-order valence-corrected chi connectivity index (χ4v) is 2.35. The average molecular weight is 312 g/mol. The molecule has 1 N–H and O–H groups in total. The van der Waals surface area contributed by atoms with E-state index in [2.05, 4.69) is 32.8 Å². The Morgan fingerprint density at radius 1 is 1.17 bits per heavy atom. The fourth-order valence-electron chi connectivity index (χ4n) is 2.35. The molecule has 0 spiro atoms. The molecule has 0 radical (unpaired) electrons. The number of aromatic nitrogens is 5. The summed E-state index contributed by atoms with van der Waals surface area (Å²) in [6.07, 6.45) is 0.658. The Morgan fingerprint density at radius 2 is 1.96 bits per heavy atom. The maximum Gasteiger partial charge on any atom is 0.200 e. The van der Waals surface area contributed by atoms with Crippen molar-refractivity contribution < 1.29 is 5.11 Å². The summed E-state index contributed by atoms with van der Waals surface area (Å²) in [5, 5.41) is 26.3. The van der Waals surface area contributed by atoms with Crippen molar-refractivity contribution in [2.45, 2.75) is 32.4 Å². The van der Waals surface area contributed by atoms with Crippen LogP contribution in [0.5, 0.6) is 0 Å². The zero-order chi connectivity index (χ0) is 16.3. The molecular weight excluding hydrogens is 292 g/mol. The molecule has 120 valence electrons. The normalized spacial score (nSPS) is 13.9. The topological polar surface area (TPSA) is 79.4 Å². The van der Waals surface area contributed by atoms with Crippen LogP contribution in [0.2, 0.25) is 0 Å². The van der Waals surface area contributed by atoms with E-state index in [9.17, 15) is 5.11 Å². The summed E-state index contributed by atoms with van der Waals surface area (Å²) in [6.45, 7) is 4.93. The van der Waals surface area contributed by atoms with Crippen LogP contribution < -0.4 is 4.90 Å². The molecule has 2 aromatic heterocycles. The van der Waals surface area contributed by atoms with Gasteiger partial charge >= 0.3 is 0 Å². The summed E-state index contributed by atoms with van der Waals surface area (Å²) < 4.78 is 1.40. The molecule has 0 saturated heterocycles. The molecule has 0 bridgehead atoms. The molecule has 3 rings (SSSR count). The minimum atomic E-state index is -0.800. The van der Waals surface area contributed by atoms with Crippen molar-refractivity contribution >= 4 is 11.5 Å². The van der Waals surface area contributed by atoms with Gasteiger partial charge < -0.3 is 10.0 Å². The van der Waals surface area contributed by atoms with Gasteiger partial charge in [-0.15, -0.1) is 14.8 Å². The van der Waals surface area contributed by atoms with Crippen LogP contribution in [0.1, 0.15) is 25.8 Å². The van der Waals surface area contributed by atoms with E-state index in [1.165, 1.54) is 4.63 Å². The van der Waals surface area contributed by atoms with Crippen molar-refractivity contribution in [3.05, 3.63) is 48.0 Å². The van der Waals surface area contributed by atoms with Crippen molar-refractivity contribution in [2.75, 3.05) is 11.4 Å². The third kappa shape index (κ3) is 3.62. The van der Waals surface area contributed by atoms with E-state index < -0.39 is 5.60 Å². The first-order valence-electron chi connectivity index (χ1n) is 7.64. The van der Waals surface area contributed by atoms with Gasteiger partial charge in [0.25, 0.3) is 0 Å². The van der Waals surface area contributed by atoms with Gasteiger partial charge in [-0.05, 0) is 41.5 Å². The first kappa shape index (κ1) is 15.4. The Labute approximate surface area is 134 Å². The third-order valence-corrected chi connectivity index (χ3v) is 3.89. The Morgan fingerprint density at radius 3 is 2.70 bits per heavy atom. The minimum absolute atomic E-state index is 0.471. The molecule has 0 amide bonds. The Hall–Kier alpha value is -2.54. The molecule has 1 atom stereocenters. The molecule has 2 heterocycles. The average Bonchev–Trinajstić information content (AvgIpc) is 3.02. The highest BCUT2D eigenvalue weighted by Gasteiger charge is 2.23. The highest BCUT2D eigenvalue weighted by Crippen LogP contribution is 2.20. The lowest BCUT2D eigenvalue weighted by molar-refractivity contribution is 0.0624. The molecule has 7 nitrogen and oxygen atoms in total. The third-order valence-electron chi connectivity index (χ3n) is 3.89. The second-order valence-electron chi connectivity index (χ2n) is 5.91. The van der Waals surface area contributed by atoms with Gasteiger partial charge in [0.1, 0.15) is 0 Å². The molecule has 3 aromatic rings. The molecule has 0 fully saturated rings. The van der Waals surface area contributed by atoms with E-state index in [1.54, 1.807) is 0 Å². The van der Waals surface area contributed by atoms with Gasteiger partial charge in [0.15, 0.2) is 11.5 Å². The number of benzene rings is 1. The van der Waals surface area contributed by atoms with Gasteiger partial charge in [-0.3, -0.25) is 0 Å². The van der Waals surface area contributed by atoms with Crippen LogP contribution in [0.3, 0.4) is 0 Å². The predicted octanol–water partition coefficient (Wildman–Crippen LogP) is 1.69.